The van der Waals surface area contributed by atoms with Crippen LogP contribution >= 0.6 is 11.8 Å². The van der Waals surface area contributed by atoms with Gasteiger partial charge in [0.2, 0.25) is 0 Å². The van der Waals surface area contributed by atoms with Crippen LogP contribution in [0.1, 0.15) is 17.3 Å². The van der Waals surface area contributed by atoms with Crippen LogP contribution in [-0.2, 0) is 4.74 Å². The van der Waals surface area contributed by atoms with E-state index in [1.165, 1.54) is 0 Å². The Hall–Kier alpha value is -1.73. The number of carbonyl (C=O) groups excluding carboxylic acids is 2. The van der Waals surface area contributed by atoms with Crippen molar-refractivity contribution in [1.82, 2.24) is 9.80 Å². The number of benzene rings is 1. The second-order valence-corrected chi connectivity index (χ2v) is 7.27. The summed E-state index contributed by atoms with van der Waals surface area (Å²) >= 11 is 1.87. The van der Waals surface area contributed by atoms with E-state index < -0.39 is 0 Å². The molecule has 3 rings (SSSR count). The highest BCUT2D eigenvalue weighted by Gasteiger charge is 2.22. The van der Waals surface area contributed by atoms with Crippen LogP contribution in [0, 0.1) is 0 Å². The SMILES string of the molecule is C[C@H]1CN(C(=O)Nc2cccc(C(=O)N3CCSCC3)c2)CCO1. The third-order valence-electron chi connectivity index (χ3n) is 4.19. The minimum Gasteiger partial charge on any atom is -0.375 e. The van der Waals surface area contributed by atoms with Crippen LogP contribution in [0.25, 0.3) is 0 Å². The summed E-state index contributed by atoms with van der Waals surface area (Å²) in [6.07, 6.45) is 0.0504. The highest BCUT2D eigenvalue weighted by molar-refractivity contribution is 7.99. The smallest absolute Gasteiger partial charge is 0.322 e. The van der Waals surface area contributed by atoms with Crippen LogP contribution in [0.2, 0.25) is 0 Å². The lowest BCUT2D eigenvalue weighted by molar-refractivity contribution is -0.00138. The van der Waals surface area contributed by atoms with Gasteiger partial charge in [0.25, 0.3) is 5.91 Å². The molecule has 2 aliphatic heterocycles. The van der Waals surface area contributed by atoms with Gasteiger partial charge in [-0.1, -0.05) is 6.07 Å². The Morgan fingerprint density at radius 2 is 2.00 bits per heavy atom. The third-order valence-corrected chi connectivity index (χ3v) is 5.13. The van der Waals surface area contributed by atoms with E-state index in [-0.39, 0.29) is 18.0 Å². The maximum Gasteiger partial charge on any atom is 0.322 e. The van der Waals surface area contributed by atoms with Gasteiger partial charge in [0.15, 0.2) is 0 Å². The Balaban J connectivity index is 1.64. The first-order valence-electron chi connectivity index (χ1n) is 8.28. The zero-order valence-electron chi connectivity index (χ0n) is 13.9. The molecule has 0 spiro atoms. The molecule has 0 bridgehead atoms. The largest absolute Gasteiger partial charge is 0.375 e. The van der Waals surface area contributed by atoms with E-state index in [0.29, 0.717) is 30.9 Å². The molecular weight excluding hydrogens is 326 g/mol. The minimum absolute atomic E-state index is 0.0337. The molecular formula is C17H23N3O3S. The average Bonchev–Trinajstić information content (AvgIpc) is 2.62. The van der Waals surface area contributed by atoms with Gasteiger partial charge in [-0.2, -0.15) is 11.8 Å². The number of ether oxygens (including phenoxy) is 1. The van der Waals surface area contributed by atoms with Crippen molar-refractivity contribution < 1.29 is 14.3 Å². The number of amides is 3. The molecule has 1 aromatic carbocycles. The number of nitrogens with one attached hydrogen (secondary N) is 1. The first-order chi connectivity index (χ1) is 11.6. The van der Waals surface area contributed by atoms with Crippen molar-refractivity contribution in [3.63, 3.8) is 0 Å². The summed E-state index contributed by atoms with van der Waals surface area (Å²) in [4.78, 5) is 28.5. The summed E-state index contributed by atoms with van der Waals surface area (Å²) in [6, 6.07) is 7.03. The molecule has 0 saturated carbocycles. The number of rotatable bonds is 2. The van der Waals surface area contributed by atoms with Gasteiger partial charge in [-0.05, 0) is 25.1 Å². The molecule has 0 aliphatic carbocycles. The first kappa shape index (κ1) is 17.1. The third kappa shape index (κ3) is 4.21. The van der Waals surface area contributed by atoms with Gasteiger partial charge in [0, 0.05) is 48.9 Å². The number of thioether (sulfide) groups is 1. The molecule has 0 aromatic heterocycles. The Morgan fingerprint density at radius 3 is 2.75 bits per heavy atom. The van der Waals surface area contributed by atoms with Crippen LogP contribution in [0.4, 0.5) is 10.5 Å². The van der Waals surface area contributed by atoms with Gasteiger partial charge in [0.1, 0.15) is 0 Å². The van der Waals surface area contributed by atoms with E-state index in [4.69, 9.17) is 4.74 Å². The number of anilines is 1. The highest BCUT2D eigenvalue weighted by Crippen LogP contribution is 2.17. The molecule has 6 nitrogen and oxygen atoms in total. The quantitative estimate of drug-likeness (QED) is 0.888. The van der Waals surface area contributed by atoms with Gasteiger partial charge < -0.3 is 19.9 Å². The van der Waals surface area contributed by atoms with Gasteiger partial charge in [-0.3, -0.25) is 4.79 Å². The molecule has 0 radical (unpaired) electrons. The molecule has 1 atom stereocenters. The standard InChI is InChI=1S/C17H23N3O3S/c1-13-12-20(5-8-23-13)17(22)18-15-4-2-3-14(11-15)16(21)19-6-9-24-10-7-19/h2-4,11,13H,5-10,12H2,1H3,(H,18,22)/t13-/m0/s1. The van der Waals surface area contributed by atoms with Crippen LogP contribution in [0.15, 0.2) is 24.3 Å². The monoisotopic (exact) mass is 349 g/mol. The Morgan fingerprint density at radius 1 is 1.21 bits per heavy atom. The van der Waals surface area contributed by atoms with E-state index in [2.05, 4.69) is 5.32 Å². The molecule has 2 aliphatic rings. The van der Waals surface area contributed by atoms with Gasteiger partial charge in [0.05, 0.1) is 12.7 Å². The van der Waals surface area contributed by atoms with Crippen LogP contribution in [0.3, 0.4) is 0 Å². The summed E-state index contributed by atoms with van der Waals surface area (Å²) in [6.45, 7) is 5.24. The van der Waals surface area contributed by atoms with Gasteiger partial charge in [-0.15, -0.1) is 0 Å². The van der Waals surface area contributed by atoms with Crippen molar-refractivity contribution in [3.8, 4) is 0 Å². The van der Waals surface area contributed by atoms with Crippen LogP contribution in [0.5, 0.6) is 0 Å². The lowest BCUT2D eigenvalue weighted by Gasteiger charge is -2.31. The lowest BCUT2D eigenvalue weighted by Crippen LogP contribution is -2.46. The summed E-state index contributed by atoms with van der Waals surface area (Å²) in [5.41, 5.74) is 1.27. The molecule has 130 valence electrons. The van der Waals surface area contributed by atoms with Crippen molar-refractivity contribution in [2.45, 2.75) is 13.0 Å². The maximum atomic E-state index is 12.6. The molecule has 0 unspecified atom stereocenters. The second-order valence-electron chi connectivity index (χ2n) is 6.04. The zero-order valence-corrected chi connectivity index (χ0v) is 14.7. The zero-order chi connectivity index (χ0) is 16.9. The van der Waals surface area contributed by atoms with Crippen molar-refractivity contribution >= 4 is 29.4 Å². The van der Waals surface area contributed by atoms with Crippen LogP contribution in [-0.4, -0.2) is 72.1 Å². The topological polar surface area (TPSA) is 61.9 Å². The van der Waals surface area contributed by atoms with Crippen LogP contribution < -0.4 is 5.32 Å². The molecule has 1 N–H and O–H groups in total. The van der Waals surface area contributed by atoms with E-state index >= 15 is 0 Å². The van der Waals surface area contributed by atoms with Gasteiger partial charge >= 0.3 is 6.03 Å². The first-order valence-corrected chi connectivity index (χ1v) is 9.43. The maximum absolute atomic E-state index is 12.6. The minimum atomic E-state index is -0.149. The number of morpholine rings is 1. The number of nitrogens with zero attached hydrogens (tertiary/aromatic N) is 2. The Labute approximate surface area is 146 Å². The average molecular weight is 349 g/mol. The van der Waals surface area contributed by atoms with Crippen molar-refractivity contribution in [2.24, 2.45) is 0 Å². The second kappa shape index (κ2) is 7.90. The predicted octanol–water partition coefficient (Wildman–Crippen LogP) is 2.13. The Kier molecular flexibility index (Phi) is 5.63. The fourth-order valence-electron chi connectivity index (χ4n) is 2.88. The molecule has 1 aromatic rings. The molecule has 24 heavy (non-hydrogen) atoms. The van der Waals surface area contributed by atoms with E-state index in [1.54, 1.807) is 17.0 Å². The lowest BCUT2D eigenvalue weighted by atomic mass is 10.1. The highest BCUT2D eigenvalue weighted by atomic mass is 32.2. The van der Waals surface area contributed by atoms with E-state index in [9.17, 15) is 9.59 Å². The molecule has 7 heteroatoms. The predicted molar refractivity (Wildman–Crippen MR) is 95.7 cm³/mol. The molecule has 2 saturated heterocycles. The summed E-state index contributed by atoms with van der Waals surface area (Å²) in [7, 11) is 0. The van der Waals surface area contributed by atoms with Crippen molar-refractivity contribution in [3.05, 3.63) is 29.8 Å². The summed E-state index contributed by atoms with van der Waals surface area (Å²) in [5.74, 6) is 2.00. The van der Waals surface area contributed by atoms with E-state index in [1.807, 2.05) is 35.7 Å². The number of hydrogen-bond donors (Lipinski definition) is 1. The summed E-state index contributed by atoms with van der Waals surface area (Å²) in [5, 5.41) is 2.89. The summed E-state index contributed by atoms with van der Waals surface area (Å²) < 4.78 is 5.45. The molecule has 2 heterocycles. The van der Waals surface area contributed by atoms with Gasteiger partial charge in [-0.25, -0.2) is 4.79 Å². The fourth-order valence-corrected chi connectivity index (χ4v) is 3.79. The number of carbonyl (C=O) groups is 2. The van der Waals surface area contributed by atoms with Crippen molar-refractivity contribution in [1.29, 1.82) is 0 Å². The number of urea groups is 1. The Bertz CT molecular complexity index is 604. The normalized spacial score (nSPS) is 21.5. The van der Waals surface area contributed by atoms with E-state index in [0.717, 1.165) is 24.6 Å². The molecule has 3 amide bonds. The fraction of sp³-hybridized carbons (Fsp3) is 0.529. The molecule has 2 fully saturated rings. The number of hydrogen-bond acceptors (Lipinski definition) is 4. The van der Waals surface area contributed by atoms with Crippen molar-refractivity contribution in [2.75, 3.05) is 49.6 Å².